The summed E-state index contributed by atoms with van der Waals surface area (Å²) in [6.07, 6.45) is 1.22. The molecule has 1 heterocycles. The first-order valence-corrected chi connectivity index (χ1v) is 7.05. The first-order valence-electron chi connectivity index (χ1n) is 5.90. The first kappa shape index (κ1) is 13.8. The molecule has 0 aromatic carbocycles. The number of thioether (sulfide) groups is 1. The second-order valence-corrected chi connectivity index (χ2v) is 6.94. The summed E-state index contributed by atoms with van der Waals surface area (Å²) in [5.41, 5.74) is 5.01. The van der Waals surface area contributed by atoms with E-state index in [0.717, 1.165) is 6.54 Å². The smallest absolute Gasteiger partial charge is 0.227 e. The molecule has 0 aromatic heterocycles. The van der Waals surface area contributed by atoms with Crippen LogP contribution in [0.15, 0.2) is 0 Å². The fourth-order valence-corrected chi connectivity index (χ4v) is 2.78. The predicted octanol–water partition coefficient (Wildman–Crippen LogP) is 1.62. The van der Waals surface area contributed by atoms with Crippen LogP contribution in [0.2, 0.25) is 0 Å². The van der Waals surface area contributed by atoms with Gasteiger partial charge in [-0.05, 0) is 51.5 Å². The molecule has 1 atom stereocenters. The summed E-state index contributed by atoms with van der Waals surface area (Å²) in [6.45, 7) is 8.42. The van der Waals surface area contributed by atoms with Gasteiger partial charge < -0.3 is 11.1 Å². The molecule has 0 bridgehead atoms. The molecule has 0 aromatic rings. The molecule has 16 heavy (non-hydrogen) atoms. The van der Waals surface area contributed by atoms with E-state index < -0.39 is 11.0 Å². The number of hydrogen-bond donors (Lipinski definition) is 2. The Labute approximate surface area is 103 Å². The lowest BCUT2D eigenvalue weighted by atomic mass is 9.74. The standard InChI is InChI=1S/C12H24N2OS/c1-11(2,12(3,4)13)10(15)14-7-9-5-6-16-8-9/h9H,5-8,13H2,1-4H3,(H,14,15). The fourth-order valence-electron chi connectivity index (χ4n) is 1.49. The Hall–Kier alpha value is -0.220. The highest BCUT2D eigenvalue weighted by atomic mass is 32.2. The van der Waals surface area contributed by atoms with Crippen molar-refractivity contribution in [3.05, 3.63) is 0 Å². The van der Waals surface area contributed by atoms with Crippen LogP contribution in [0.3, 0.4) is 0 Å². The van der Waals surface area contributed by atoms with E-state index in [1.807, 2.05) is 39.5 Å². The molecule has 1 amide bonds. The van der Waals surface area contributed by atoms with Crippen molar-refractivity contribution in [3.8, 4) is 0 Å². The number of carbonyl (C=O) groups excluding carboxylic acids is 1. The zero-order chi connectivity index (χ0) is 12.4. The van der Waals surface area contributed by atoms with E-state index in [0.29, 0.717) is 5.92 Å². The Morgan fingerprint density at radius 1 is 1.44 bits per heavy atom. The van der Waals surface area contributed by atoms with Gasteiger partial charge in [-0.15, -0.1) is 0 Å². The Morgan fingerprint density at radius 2 is 2.06 bits per heavy atom. The summed E-state index contributed by atoms with van der Waals surface area (Å²) < 4.78 is 0. The molecule has 1 saturated heterocycles. The molecule has 1 unspecified atom stereocenters. The monoisotopic (exact) mass is 244 g/mol. The molecule has 1 rings (SSSR count). The van der Waals surface area contributed by atoms with Gasteiger partial charge in [0, 0.05) is 12.1 Å². The minimum Gasteiger partial charge on any atom is -0.355 e. The number of carbonyl (C=O) groups is 1. The van der Waals surface area contributed by atoms with E-state index >= 15 is 0 Å². The van der Waals surface area contributed by atoms with Gasteiger partial charge >= 0.3 is 0 Å². The number of rotatable bonds is 4. The number of nitrogens with two attached hydrogens (primary N) is 1. The zero-order valence-electron chi connectivity index (χ0n) is 10.8. The van der Waals surface area contributed by atoms with E-state index in [2.05, 4.69) is 5.32 Å². The van der Waals surface area contributed by atoms with Gasteiger partial charge in [0.2, 0.25) is 5.91 Å². The minimum absolute atomic E-state index is 0.0666. The summed E-state index contributed by atoms with van der Waals surface area (Å²) in [5.74, 6) is 3.11. The average Bonchev–Trinajstić information content (AvgIpc) is 2.64. The molecule has 1 aliphatic rings. The summed E-state index contributed by atoms with van der Waals surface area (Å²) >= 11 is 1.97. The lowest BCUT2D eigenvalue weighted by Crippen LogP contribution is -2.56. The molecule has 3 nitrogen and oxygen atoms in total. The van der Waals surface area contributed by atoms with Crippen molar-refractivity contribution in [2.75, 3.05) is 18.1 Å². The second-order valence-electron chi connectivity index (χ2n) is 5.79. The van der Waals surface area contributed by atoms with Crippen molar-refractivity contribution < 1.29 is 4.79 Å². The lowest BCUT2D eigenvalue weighted by Gasteiger charge is -2.37. The maximum Gasteiger partial charge on any atom is 0.227 e. The molecule has 0 aliphatic carbocycles. The van der Waals surface area contributed by atoms with Crippen LogP contribution in [0.4, 0.5) is 0 Å². The van der Waals surface area contributed by atoms with Crippen molar-refractivity contribution in [3.63, 3.8) is 0 Å². The average molecular weight is 244 g/mol. The van der Waals surface area contributed by atoms with E-state index in [1.54, 1.807) is 0 Å². The van der Waals surface area contributed by atoms with Crippen molar-refractivity contribution in [2.45, 2.75) is 39.7 Å². The van der Waals surface area contributed by atoms with Gasteiger partial charge in [-0.3, -0.25) is 4.79 Å². The van der Waals surface area contributed by atoms with Crippen LogP contribution >= 0.6 is 11.8 Å². The van der Waals surface area contributed by atoms with Crippen molar-refractivity contribution >= 4 is 17.7 Å². The largest absolute Gasteiger partial charge is 0.355 e. The maximum absolute atomic E-state index is 12.1. The number of amides is 1. The van der Waals surface area contributed by atoms with Crippen molar-refractivity contribution in [2.24, 2.45) is 17.1 Å². The quantitative estimate of drug-likeness (QED) is 0.790. The molecule has 0 radical (unpaired) electrons. The van der Waals surface area contributed by atoms with Crippen LogP contribution in [-0.4, -0.2) is 29.5 Å². The SMILES string of the molecule is CC(C)(N)C(C)(C)C(=O)NCC1CCSC1. The van der Waals surface area contributed by atoms with Crippen LogP contribution in [0.1, 0.15) is 34.1 Å². The lowest BCUT2D eigenvalue weighted by molar-refractivity contribution is -0.132. The van der Waals surface area contributed by atoms with Gasteiger partial charge in [-0.25, -0.2) is 0 Å². The molecule has 3 N–H and O–H groups in total. The van der Waals surface area contributed by atoms with Gasteiger partial charge in [-0.2, -0.15) is 11.8 Å². The van der Waals surface area contributed by atoms with Crippen LogP contribution in [0, 0.1) is 11.3 Å². The molecule has 1 aliphatic heterocycles. The molecule has 0 spiro atoms. The third-order valence-corrected chi connectivity index (χ3v) is 4.99. The zero-order valence-corrected chi connectivity index (χ0v) is 11.6. The second kappa shape index (κ2) is 4.96. The first-order chi connectivity index (χ1) is 7.25. The van der Waals surface area contributed by atoms with Crippen molar-refractivity contribution in [1.29, 1.82) is 0 Å². The maximum atomic E-state index is 12.1. The summed E-state index contributed by atoms with van der Waals surface area (Å²) in [5, 5.41) is 3.04. The molecule has 0 saturated carbocycles. The topological polar surface area (TPSA) is 55.1 Å². The molecular formula is C12H24N2OS. The number of nitrogens with one attached hydrogen (secondary N) is 1. The Balaban J connectivity index is 2.45. The van der Waals surface area contributed by atoms with Gasteiger partial charge in [-0.1, -0.05) is 0 Å². The van der Waals surface area contributed by atoms with E-state index in [4.69, 9.17) is 5.73 Å². The minimum atomic E-state index is -0.529. The highest BCUT2D eigenvalue weighted by Crippen LogP contribution is 2.29. The van der Waals surface area contributed by atoms with Gasteiger partial charge in [0.1, 0.15) is 0 Å². The molecule has 1 fully saturated rings. The van der Waals surface area contributed by atoms with E-state index in [-0.39, 0.29) is 5.91 Å². The van der Waals surface area contributed by atoms with Crippen molar-refractivity contribution in [1.82, 2.24) is 5.32 Å². The van der Waals surface area contributed by atoms with Crippen LogP contribution in [0.25, 0.3) is 0 Å². The highest BCUT2D eigenvalue weighted by Gasteiger charge is 2.40. The van der Waals surface area contributed by atoms with Gasteiger partial charge in [0.15, 0.2) is 0 Å². The molecular weight excluding hydrogens is 220 g/mol. The van der Waals surface area contributed by atoms with Crippen LogP contribution < -0.4 is 11.1 Å². The predicted molar refractivity (Wildman–Crippen MR) is 70.5 cm³/mol. The Morgan fingerprint density at radius 3 is 2.50 bits per heavy atom. The third kappa shape index (κ3) is 3.14. The Bertz CT molecular complexity index is 252. The van der Waals surface area contributed by atoms with Gasteiger partial charge in [0.05, 0.1) is 5.41 Å². The van der Waals surface area contributed by atoms with Crippen LogP contribution in [0.5, 0.6) is 0 Å². The van der Waals surface area contributed by atoms with Gasteiger partial charge in [0.25, 0.3) is 0 Å². The summed E-state index contributed by atoms with van der Waals surface area (Å²) in [4.78, 5) is 12.1. The number of hydrogen-bond acceptors (Lipinski definition) is 3. The normalized spacial score (nSPS) is 22.2. The Kier molecular flexibility index (Phi) is 4.29. The van der Waals surface area contributed by atoms with E-state index in [1.165, 1.54) is 17.9 Å². The summed E-state index contributed by atoms with van der Waals surface area (Å²) in [7, 11) is 0. The fraction of sp³-hybridized carbons (Fsp3) is 0.917. The summed E-state index contributed by atoms with van der Waals surface area (Å²) in [6, 6.07) is 0. The van der Waals surface area contributed by atoms with Crippen LogP contribution in [-0.2, 0) is 4.79 Å². The molecule has 4 heteroatoms. The third-order valence-electron chi connectivity index (χ3n) is 3.75. The molecule has 94 valence electrons. The van der Waals surface area contributed by atoms with E-state index in [9.17, 15) is 4.79 Å². The highest BCUT2D eigenvalue weighted by molar-refractivity contribution is 7.99.